The van der Waals surface area contributed by atoms with Gasteiger partial charge in [-0.1, -0.05) is 127 Å². The molecule has 4 heterocycles. The monoisotopic (exact) mass is 762 g/mol. The highest BCUT2D eigenvalue weighted by Gasteiger charge is 2.20. The quantitative estimate of drug-likeness (QED) is 0.175. The Bertz CT molecular complexity index is 3530. The molecule has 0 fully saturated rings. The van der Waals surface area contributed by atoms with E-state index in [2.05, 4.69) is 168 Å². The van der Waals surface area contributed by atoms with Crippen LogP contribution in [0, 0.1) is 0 Å². The van der Waals surface area contributed by atoms with Gasteiger partial charge in [0.25, 0.3) is 0 Å². The first-order chi connectivity index (χ1) is 28.2. The molecule has 12 rings (SSSR count). The summed E-state index contributed by atoms with van der Waals surface area (Å²) in [5.41, 5.74) is 8.94. The maximum absolute atomic E-state index is 5.28. The fourth-order valence-corrected chi connectivity index (χ4v) is 10.8. The molecule has 4 aromatic heterocycles. The highest BCUT2D eigenvalue weighted by atomic mass is 32.1. The van der Waals surface area contributed by atoms with Gasteiger partial charge in [0.15, 0.2) is 17.5 Å². The van der Waals surface area contributed by atoms with Gasteiger partial charge in [0.2, 0.25) is 0 Å². The Morgan fingerprint density at radius 2 is 0.895 bits per heavy atom. The Morgan fingerprint density at radius 1 is 0.333 bits per heavy atom. The molecule has 0 aliphatic carbocycles. The second-order valence-electron chi connectivity index (χ2n) is 14.4. The van der Waals surface area contributed by atoms with Crippen molar-refractivity contribution in [2.24, 2.45) is 0 Å². The number of benzene rings is 8. The van der Waals surface area contributed by atoms with Crippen molar-refractivity contribution in [2.75, 3.05) is 0 Å². The Labute approximate surface area is 335 Å². The Kier molecular flexibility index (Phi) is 7.24. The fraction of sp³-hybridized carbons (Fsp3) is 0. The molecular weight excluding hydrogens is 733 g/mol. The zero-order valence-corrected chi connectivity index (χ0v) is 32.1. The van der Waals surface area contributed by atoms with Gasteiger partial charge in [0.1, 0.15) is 0 Å². The third-order valence-electron chi connectivity index (χ3n) is 11.1. The first-order valence-corrected chi connectivity index (χ1v) is 20.7. The summed E-state index contributed by atoms with van der Waals surface area (Å²) in [6, 6.07) is 64.9. The maximum Gasteiger partial charge on any atom is 0.165 e. The average Bonchev–Trinajstić information content (AvgIpc) is 3.96. The van der Waals surface area contributed by atoms with Crippen molar-refractivity contribution in [3.63, 3.8) is 0 Å². The Hall–Kier alpha value is -6.99. The molecule has 266 valence electrons. The zero-order chi connectivity index (χ0) is 37.5. The van der Waals surface area contributed by atoms with Gasteiger partial charge in [0.05, 0.1) is 11.0 Å². The lowest BCUT2D eigenvalue weighted by atomic mass is 10.0. The highest BCUT2D eigenvalue weighted by molar-refractivity contribution is 7.26. The van der Waals surface area contributed by atoms with Crippen LogP contribution in [0.2, 0.25) is 0 Å². The molecule has 4 nitrogen and oxygen atoms in total. The van der Waals surface area contributed by atoms with Crippen LogP contribution < -0.4 is 0 Å². The van der Waals surface area contributed by atoms with Gasteiger partial charge in [-0.3, -0.25) is 0 Å². The first-order valence-electron chi connectivity index (χ1n) is 19.0. The molecule has 6 heteroatoms. The van der Waals surface area contributed by atoms with E-state index >= 15 is 0 Å². The zero-order valence-electron chi connectivity index (χ0n) is 30.4. The van der Waals surface area contributed by atoms with Crippen molar-refractivity contribution >= 4 is 84.8 Å². The van der Waals surface area contributed by atoms with E-state index in [0.29, 0.717) is 17.5 Å². The molecule has 12 aromatic rings. The SMILES string of the molecule is c1ccc(-c2ccc3c(c2)c2ccccc2n3-c2ccc3sc4c(-c5nc(-c6ccccc6)nc(-c6cccc7c6sc6ccccc67)n5)cccc4c3c2)cc1. The summed E-state index contributed by atoms with van der Waals surface area (Å²) in [4.78, 5) is 15.6. The number of hydrogen-bond donors (Lipinski definition) is 0. The minimum absolute atomic E-state index is 0.663. The molecule has 0 aliphatic rings. The van der Waals surface area contributed by atoms with Gasteiger partial charge in [0, 0.05) is 73.5 Å². The van der Waals surface area contributed by atoms with E-state index < -0.39 is 0 Å². The number of hydrogen-bond acceptors (Lipinski definition) is 5. The van der Waals surface area contributed by atoms with Crippen LogP contribution in [0.4, 0.5) is 0 Å². The predicted octanol–water partition coefficient (Wildman–Crippen LogP) is 14.4. The molecule has 0 amide bonds. The Balaban J connectivity index is 1.04. The van der Waals surface area contributed by atoms with Crippen LogP contribution in [-0.2, 0) is 0 Å². The summed E-state index contributed by atoms with van der Waals surface area (Å²) in [5, 5.41) is 7.37. The number of thiophene rings is 2. The van der Waals surface area contributed by atoms with Crippen LogP contribution in [0.3, 0.4) is 0 Å². The maximum atomic E-state index is 5.28. The lowest BCUT2D eigenvalue weighted by Gasteiger charge is -2.10. The molecule has 0 bridgehead atoms. The van der Waals surface area contributed by atoms with E-state index in [4.69, 9.17) is 15.0 Å². The van der Waals surface area contributed by atoms with Gasteiger partial charge in [-0.15, -0.1) is 22.7 Å². The fourth-order valence-electron chi connectivity index (χ4n) is 8.42. The number of rotatable bonds is 5. The van der Waals surface area contributed by atoms with Crippen molar-refractivity contribution in [1.29, 1.82) is 0 Å². The van der Waals surface area contributed by atoms with Crippen molar-refractivity contribution in [1.82, 2.24) is 19.5 Å². The van der Waals surface area contributed by atoms with Gasteiger partial charge >= 0.3 is 0 Å². The largest absolute Gasteiger partial charge is 0.309 e. The topological polar surface area (TPSA) is 43.6 Å². The van der Waals surface area contributed by atoms with Crippen molar-refractivity contribution in [3.05, 3.63) is 182 Å². The minimum atomic E-state index is 0.663. The lowest BCUT2D eigenvalue weighted by molar-refractivity contribution is 1.08. The highest BCUT2D eigenvalue weighted by Crippen LogP contribution is 2.43. The van der Waals surface area contributed by atoms with Crippen LogP contribution >= 0.6 is 22.7 Å². The van der Waals surface area contributed by atoms with Gasteiger partial charge in [-0.25, -0.2) is 15.0 Å². The van der Waals surface area contributed by atoms with Crippen LogP contribution in [0.5, 0.6) is 0 Å². The van der Waals surface area contributed by atoms with Crippen LogP contribution in [0.15, 0.2) is 182 Å². The third-order valence-corrected chi connectivity index (χ3v) is 13.5. The third kappa shape index (κ3) is 5.15. The normalized spacial score (nSPS) is 11.9. The van der Waals surface area contributed by atoms with Crippen LogP contribution in [0.1, 0.15) is 0 Å². The molecule has 0 atom stereocenters. The molecule has 0 spiro atoms. The van der Waals surface area contributed by atoms with E-state index in [9.17, 15) is 0 Å². The van der Waals surface area contributed by atoms with Crippen LogP contribution in [0.25, 0.3) is 113 Å². The van der Waals surface area contributed by atoms with E-state index in [-0.39, 0.29) is 0 Å². The summed E-state index contributed by atoms with van der Waals surface area (Å²) in [5.74, 6) is 2.01. The summed E-state index contributed by atoms with van der Waals surface area (Å²) in [6.07, 6.45) is 0. The van der Waals surface area contributed by atoms with Crippen LogP contribution in [-0.4, -0.2) is 19.5 Å². The van der Waals surface area contributed by atoms with E-state index in [1.165, 1.54) is 68.6 Å². The molecule has 57 heavy (non-hydrogen) atoms. The second kappa shape index (κ2) is 12.8. The van der Waals surface area contributed by atoms with Gasteiger partial charge in [-0.05, 0) is 65.7 Å². The summed E-state index contributed by atoms with van der Waals surface area (Å²) in [6.45, 7) is 0. The number of para-hydroxylation sites is 1. The molecule has 0 radical (unpaired) electrons. The number of fused-ring (bicyclic) bond motifs is 9. The number of nitrogens with zero attached hydrogens (tertiary/aromatic N) is 4. The summed E-state index contributed by atoms with van der Waals surface area (Å²) in [7, 11) is 0. The molecule has 0 N–H and O–H groups in total. The average molecular weight is 763 g/mol. The number of aromatic nitrogens is 4. The molecule has 0 unspecified atom stereocenters. The van der Waals surface area contributed by atoms with Crippen molar-refractivity contribution in [2.45, 2.75) is 0 Å². The molecular formula is C51H30N4S2. The van der Waals surface area contributed by atoms with Crippen molar-refractivity contribution in [3.8, 4) is 51.0 Å². The lowest BCUT2D eigenvalue weighted by Crippen LogP contribution is -2.00. The van der Waals surface area contributed by atoms with Crippen molar-refractivity contribution < 1.29 is 0 Å². The van der Waals surface area contributed by atoms with E-state index in [1.54, 1.807) is 22.7 Å². The molecule has 0 saturated carbocycles. The Morgan fingerprint density at radius 3 is 1.63 bits per heavy atom. The first kappa shape index (κ1) is 32.3. The molecule has 0 saturated heterocycles. The smallest absolute Gasteiger partial charge is 0.165 e. The van der Waals surface area contributed by atoms with E-state index in [0.717, 1.165) is 27.1 Å². The molecule has 0 aliphatic heterocycles. The van der Waals surface area contributed by atoms with Gasteiger partial charge in [-0.2, -0.15) is 0 Å². The molecule has 8 aromatic carbocycles. The summed E-state index contributed by atoms with van der Waals surface area (Å²) >= 11 is 3.59. The van der Waals surface area contributed by atoms with E-state index in [1.807, 2.05) is 18.2 Å². The predicted molar refractivity (Wildman–Crippen MR) is 242 cm³/mol. The standard InChI is InChI=1S/C51H30N4S2/c1-3-13-31(14-4-1)33-25-27-44-41(29-33)35-17-7-9-23-43(35)55(44)34-26-28-46-42(30-34)38-20-12-22-40(48(38)57-46)51-53-49(32-15-5-2-6-16-32)52-50(54-51)39-21-11-19-37-36-18-8-10-24-45(36)56-47(37)39/h1-30H. The summed E-state index contributed by atoms with van der Waals surface area (Å²) < 4.78 is 7.23. The second-order valence-corrected chi connectivity index (χ2v) is 16.5. The minimum Gasteiger partial charge on any atom is -0.309 e. The van der Waals surface area contributed by atoms with Gasteiger partial charge < -0.3 is 4.57 Å².